The van der Waals surface area contributed by atoms with Crippen LogP contribution in [0.25, 0.3) is 0 Å². The van der Waals surface area contributed by atoms with Crippen molar-refractivity contribution in [3.05, 3.63) is 0 Å². The van der Waals surface area contributed by atoms with Crippen molar-refractivity contribution in [2.75, 3.05) is 13.1 Å². The molecule has 1 rings (SSSR count). The number of hydrogen-bond donors (Lipinski definition) is 2. The largest absolute Gasteiger partial charge is 0.367 e. The average Bonchev–Trinajstić information content (AvgIpc) is 2.05. The molecule has 0 radical (unpaired) electrons. The fraction of sp³-hybridized carbons (Fsp3) is 0.857. The van der Waals surface area contributed by atoms with E-state index in [1.807, 2.05) is 0 Å². The van der Waals surface area contributed by atoms with Crippen molar-refractivity contribution in [3.8, 4) is 0 Å². The van der Waals surface area contributed by atoms with Gasteiger partial charge in [0.2, 0.25) is 0 Å². The van der Waals surface area contributed by atoms with Gasteiger partial charge in [-0.05, 0) is 25.9 Å². The molecular weight excluding hydrogens is 147 g/mol. The fourth-order valence-electron chi connectivity index (χ4n) is 1.37. The van der Waals surface area contributed by atoms with Crippen LogP contribution in [-0.2, 0) is 4.79 Å². The molecule has 0 aromatic rings. The van der Waals surface area contributed by atoms with Crippen molar-refractivity contribution in [1.29, 1.82) is 0 Å². The van der Waals surface area contributed by atoms with Crippen LogP contribution in [0.3, 0.4) is 0 Å². The van der Waals surface area contributed by atoms with Gasteiger partial charge in [0.05, 0.1) is 0 Å². The lowest BCUT2D eigenvalue weighted by Gasteiger charge is -2.23. The van der Waals surface area contributed by atoms with Crippen LogP contribution in [0.2, 0.25) is 0 Å². The van der Waals surface area contributed by atoms with E-state index in [0.717, 1.165) is 13.1 Å². The molecule has 0 saturated carbocycles. The summed E-state index contributed by atoms with van der Waals surface area (Å²) in [6, 6.07) is 0. The highest BCUT2D eigenvalue weighted by Gasteiger charge is 2.26. The number of halogens is 1. The van der Waals surface area contributed by atoms with E-state index in [2.05, 4.69) is 5.32 Å². The minimum absolute atomic E-state index is 0.159. The number of primary amides is 1. The van der Waals surface area contributed by atoms with E-state index in [9.17, 15) is 9.18 Å². The SMILES string of the molecule is NC(=O)[C@H](F)C1CCNCC1. The topological polar surface area (TPSA) is 55.1 Å². The van der Waals surface area contributed by atoms with Crippen LogP contribution in [0, 0.1) is 5.92 Å². The molecule has 1 amide bonds. The lowest BCUT2D eigenvalue weighted by molar-refractivity contribution is -0.124. The van der Waals surface area contributed by atoms with E-state index in [1.165, 1.54) is 0 Å². The van der Waals surface area contributed by atoms with Crippen LogP contribution < -0.4 is 11.1 Å². The summed E-state index contributed by atoms with van der Waals surface area (Å²) < 4.78 is 12.9. The number of carbonyl (C=O) groups excluding carboxylic acids is 1. The van der Waals surface area contributed by atoms with E-state index in [4.69, 9.17) is 5.73 Å². The second-order valence-corrected chi connectivity index (χ2v) is 2.89. The third kappa shape index (κ3) is 2.15. The van der Waals surface area contributed by atoms with Gasteiger partial charge in [-0.25, -0.2) is 4.39 Å². The highest BCUT2D eigenvalue weighted by molar-refractivity contribution is 5.78. The van der Waals surface area contributed by atoms with Crippen LogP contribution in [0.4, 0.5) is 4.39 Å². The van der Waals surface area contributed by atoms with Crippen LogP contribution in [-0.4, -0.2) is 25.2 Å². The Morgan fingerprint density at radius 1 is 1.55 bits per heavy atom. The van der Waals surface area contributed by atoms with Gasteiger partial charge in [-0.3, -0.25) is 4.79 Å². The molecule has 0 aromatic carbocycles. The molecule has 0 spiro atoms. The van der Waals surface area contributed by atoms with Gasteiger partial charge in [-0.1, -0.05) is 0 Å². The van der Waals surface area contributed by atoms with Gasteiger partial charge in [0.15, 0.2) is 6.17 Å². The van der Waals surface area contributed by atoms with Gasteiger partial charge in [-0.15, -0.1) is 0 Å². The molecule has 1 atom stereocenters. The molecule has 0 aliphatic carbocycles. The number of carbonyl (C=O) groups is 1. The molecule has 0 bridgehead atoms. The number of alkyl halides is 1. The van der Waals surface area contributed by atoms with E-state index < -0.39 is 12.1 Å². The first-order chi connectivity index (χ1) is 5.22. The Labute approximate surface area is 65.1 Å². The third-order valence-electron chi connectivity index (χ3n) is 2.07. The molecule has 1 fully saturated rings. The van der Waals surface area contributed by atoms with Gasteiger partial charge < -0.3 is 11.1 Å². The van der Waals surface area contributed by atoms with Crippen molar-refractivity contribution in [2.24, 2.45) is 11.7 Å². The lowest BCUT2D eigenvalue weighted by Crippen LogP contribution is -2.38. The minimum atomic E-state index is -1.45. The molecule has 3 N–H and O–H groups in total. The molecule has 4 heteroatoms. The summed E-state index contributed by atoms with van der Waals surface area (Å²) in [6.07, 6.45) is -0.0223. The smallest absolute Gasteiger partial charge is 0.252 e. The summed E-state index contributed by atoms with van der Waals surface area (Å²) in [4.78, 5) is 10.4. The van der Waals surface area contributed by atoms with Gasteiger partial charge in [0.1, 0.15) is 0 Å². The summed E-state index contributed by atoms with van der Waals surface area (Å²) >= 11 is 0. The Morgan fingerprint density at radius 3 is 2.55 bits per heavy atom. The highest BCUT2D eigenvalue weighted by Crippen LogP contribution is 2.18. The second kappa shape index (κ2) is 3.67. The summed E-state index contributed by atoms with van der Waals surface area (Å²) in [5, 5.41) is 3.09. The predicted octanol–water partition coefficient (Wildman–Crippen LogP) is -0.191. The summed E-state index contributed by atoms with van der Waals surface area (Å²) in [5.41, 5.74) is 4.83. The number of piperidine rings is 1. The van der Waals surface area contributed by atoms with Crippen LogP contribution in [0.5, 0.6) is 0 Å². The monoisotopic (exact) mass is 160 g/mol. The van der Waals surface area contributed by atoms with Gasteiger partial charge in [0.25, 0.3) is 5.91 Å². The first kappa shape index (κ1) is 8.46. The number of amides is 1. The number of nitrogens with two attached hydrogens (primary N) is 1. The quantitative estimate of drug-likeness (QED) is 0.588. The van der Waals surface area contributed by atoms with Crippen molar-refractivity contribution in [3.63, 3.8) is 0 Å². The molecule has 1 saturated heterocycles. The summed E-state index contributed by atoms with van der Waals surface area (Å²) in [6.45, 7) is 1.58. The normalized spacial score (nSPS) is 23.0. The zero-order chi connectivity index (χ0) is 8.27. The molecule has 0 unspecified atom stereocenters. The lowest BCUT2D eigenvalue weighted by atomic mass is 9.93. The Balaban J connectivity index is 2.38. The zero-order valence-corrected chi connectivity index (χ0v) is 6.35. The van der Waals surface area contributed by atoms with Gasteiger partial charge >= 0.3 is 0 Å². The molecule has 64 valence electrons. The molecule has 1 heterocycles. The van der Waals surface area contributed by atoms with Crippen molar-refractivity contribution >= 4 is 5.91 Å². The number of hydrogen-bond acceptors (Lipinski definition) is 2. The van der Waals surface area contributed by atoms with Crippen molar-refractivity contribution in [2.45, 2.75) is 19.0 Å². The van der Waals surface area contributed by atoms with Crippen molar-refractivity contribution in [1.82, 2.24) is 5.32 Å². The predicted molar refractivity (Wildman–Crippen MR) is 39.7 cm³/mol. The Kier molecular flexibility index (Phi) is 2.82. The minimum Gasteiger partial charge on any atom is -0.367 e. The molecule has 1 aliphatic rings. The molecule has 0 aromatic heterocycles. The molecular formula is C7H13FN2O. The van der Waals surface area contributed by atoms with Crippen LogP contribution >= 0.6 is 0 Å². The fourth-order valence-corrected chi connectivity index (χ4v) is 1.37. The first-order valence-electron chi connectivity index (χ1n) is 3.86. The second-order valence-electron chi connectivity index (χ2n) is 2.89. The molecule has 1 aliphatic heterocycles. The highest BCUT2D eigenvalue weighted by atomic mass is 19.1. The van der Waals surface area contributed by atoms with E-state index in [0.29, 0.717) is 12.8 Å². The molecule has 3 nitrogen and oxygen atoms in total. The maximum atomic E-state index is 12.9. The van der Waals surface area contributed by atoms with Gasteiger partial charge in [0, 0.05) is 5.92 Å². The third-order valence-corrected chi connectivity index (χ3v) is 2.07. The van der Waals surface area contributed by atoms with Gasteiger partial charge in [-0.2, -0.15) is 0 Å². The molecule has 11 heavy (non-hydrogen) atoms. The van der Waals surface area contributed by atoms with E-state index in [-0.39, 0.29) is 5.92 Å². The number of rotatable bonds is 2. The average molecular weight is 160 g/mol. The maximum absolute atomic E-state index is 12.9. The number of nitrogens with one attached hydrogen (secondary N) is 1. The maximum Gasteiger partial charge on any atom is 0.252 e. The first-order valence-corrected chi connectivity index (χ1v) is 3.86. The van der Waals surface area contributed by atoms with Crippen LogP contribution in [0.1, 0.15) is 12.8 Å². The van der Waals surface area contributed by atoms with Crippen molar-refractivity contribution < 1.29 is 9.18 Å². The zero-order valence-electron chi connectivity index (χ0n) is 6.35. The summed E-state index contributed by atoms with van der Waals surface area (Å²) in [5.74, 6) is -0.981. The standard InChI is InChI=1S/C7H13FN2O/c8-6(7(9)11)5-1-3-10-4-2-5/h5-6,10H,1-4H2,(H2,9,11)/t6-/m1/s1. The Hall–Kier alpha value is -0.640. The Bertz CT molecular complexity index is 145. The Morgan fingerprint density at radius 2 is 2.09 bits per heavy atom. The summed E-state index contributed by atoms with van der Waals surface area (Å²) in [7, 11) is 0. The van der Waals surface area contributed by atoms with E-state index >= 15 is 0 Å². The van der Waals surface area contributed by atoms with Crippen LogP contribution in [0.15, 0.2) is 0 Å². The van der Waals surface area contributed by atoms with E-state index in [1.54, 1.807) is 0 Å².